The average molecular weight is 442 g/mol. The Balaban J connectivity index is 0.000000934. The maximum Gasteiger partial charge on any atom is 0.340 e. The molecule has 0 radical (unpaired) electrons. The van der Waals surface area contributed by atoms with Crippen LogP contribution in [0.25, 0.3) is 0 Å². The van der Waals surface area contributed by atoms with Crippen LogP contribution in [0.3, 0.4) is 0 Å². The van der Waals surface area contributed by atoms with Crippen molar-refractivity contribution in [1.82, 2.24) is 0 Å². The van der Waals surface area contributed by atoms with Gasteiger partial charge in [-0.3, -0.25) is 0 Å². The first kappa shape index (κ1) is 21.7. The molecule has 0 aliphatic carbocycles. The molecule has 0 aromatic heterocycles. The number of esters is 1. The molecule has 2 aliphatic rings. The van der Waals surface area contributed by atoms with E-state index >= 15 is 0 Å². The Morgan fingerprint density at radius 1 is 0.714 bits per heavy atom. The summed E-state index contributed by atoms with van der Waals surface area (Å²) < 4.78 is 11.8. The number of hydrogen-bond donors (Lipinski definition) is 2. The topological polar surface area (TPSA) is 76.0 Å². The third kappa shape index (κ3) is 2.75. The molecule has 2 N–H and O–H groups in total. The van der Waals surface area contributed by atoms with E-state index in [9.17, 15) is 15.0 Å². The van der Waals surface area contributed by atoms with E-state index < -0.39 is 11.6 Å². The minimum atomic E-state index is -1.17. The lowest BCUT2D eigenvalue weighted by Crippen LogP contribution is -2.32. The van der Waals surface area contributed by atoms with E-state index in [1.54, 1.807) is 24.3 Å². The number of phenols is 2. The van der Waals surface area contributed by atoms with Gasteiger partial charge in [-0.15, -0.1) is 37.2 Å². The van der Waals surface area contributed by atoms with Crippen molar-refractivity contribution in [1.29, 1.82) is 0 Å². The molecule has 146 valence electrons. The Kier molecular flexibility index (Phi) is 5.76. The number of rotatable bonds is 0. The second kappa shape index (κ2) is 7.43. The zero-order chi connectivity index (χ0) is 17.2. The van der Waals surface area contributed by atoms with Gasteiger partial charge in [0, 0.05) is 28.8 Å². The minimum absolute atomic E-state index is 0. The number of carbonyl (C=O) groups excluding carboxylic acids is 1. The number of ether oxygens (including phenoxy) is 2. The van der Waals surface area contributed by atoms with Gasteiger partial charge in [-0.25, -0.2) is 4.79 Å². The summed E-state index contributed by atoms with van der Waals surface area (Å²) in [5.41, 5.74) is 1.28. The fraction of sp³-hybridized carbons (Fsp3) is 0.0500. The summed E-state index contributed by atoms with van der Waals surface area (Å²) in [4.78, 5) is 12.5. The molecule has 0 saturated heterocycles. The predicted octanol–water partition coefficient (Wildman–Crippen LogP) is 4.93. The van der Waals surface area contributed by atoms with E-state index in [0.717, 1.165) is 0 Å². The molecule has 3 aromatic rings. The monoisotopic (exact) mass is 440 g/mol. The van der Waals surface area contributed by atoms with Gasteiger partial charge in [0.1, 0.15) is 23.0 Å². The number of carbonyl (C=O) groups is 1. The van der Waals surface area contributed by atoms with Crippen molar-refractivity contribution in [3.05, 3.63) is 82.9 Å². The molecular weight excluding hydrogens is 427 g/mol. The first-order valence-electron chi connectivity index (χ1n) is 7.77. The van der Waals surface area contributed by atoms with Gasteiger partial charge in [0.2, 0.25) is 0 Å². The van der Waals surface area contributed by atoms with Crippen LogP contribution in [0.5, 0.6) is 23.0 Å². The fourth-order valence-electron chi connectivity index (χ4n) is 3.65. The third-order valence-electron chi connectivity index (χ3n) is 4.68. The van der Waals surface area contributed by atoms with Crippen molar-refractivity contribution in [3.63, 3.8) is 0 Å². The van der Waals surface area contributed by atoms with Gasteiger partial charge in [-0.05, 0) is 30.3 Å². The first-order chi connectivity index (χ1) is 12.1. The summed E-state index contributed by atoms with van der Waals surface area (Å²) in [5, 5.41) is 19.7. The Morgan fingerprint density at radius 2 is 1.25 bits per heavy atom. The molecule has 0 bridgehead atoms. The first-order valence-corrected chi connectivity index (χ1v) is 7.77. The molecule has 2 heterocycles. The van der Waals surface area contributed by atoms with Gasteiger partial charge < -0.3 is 19.7 Å². The predicted molar refractivity (Wildman–Crippen MR) is 110 cm³/mol. The second-order valence-electron chi connectivity index (χ2n) is 6.08. The maximum atomic E-state index is 12.5. The average Bonchev–Trinajstić information content (AvgIpc) is 2.88. The molecule has 0 atom stereocenters. The zero-order valence-corrected chi connectivity index (χ0v) is 16.6. The van der Waals surface area contributed by atoms with Crippen molar-refractivity contribution in [3.8, 4) is 23.0 Å². The van der Waals surface area contributed by atoms with E-state index in [1.165, 1.54) is 24.3 Å². The summed E-state index contributed by atoms with van der Waals surface area (Å²) >= 11 is 0. The molecule has 0 amide bonds. The van der Waals surface area contributed by atoms with E-state index in [0.29, 0.717) is 33.8 Å². The van der Waals surface area contributed by atoms with E-state index in [2.05, 4.69) is 0 Å². The second-order valence-corrected chi connectivity index (χ2v) is 6.08. The van der Waals surface area contributed by atoms with Crippen LogP contribution < -0.4 is 4.74 Å². The SMILES string of the molecule is Cl.Cl.Cl.O=C1OC2(c3ccc(O)cc3Oc3cc(O)ccc32)c2ccccc21. The Morgan fingerprint density at radius 3 is 1.82 bits per heavy atom. The van der Waals surface area contributed by atoms with E-state index in [-0.39, 0.29) is 48.7 Å². The molecule has 5 nitrogen and oxygen atoms in total. The lowest BCUT2D eigenvalue weighted by molar-refractivity contribution is 0.0224. The number of halogens is 3. The van der Waals surface area contributed by atoms with Crippen molar-refractivity contribution in [2.24, 2.45) is 0 Å². The molecule has 0 saturated carbocycles. The number of fused-ring (bicyclic) bond motifs is 6. The molecule has 0 unspecified atom stereocenters. The normalized spacial score (nSPS) is 14.1. The smallest absolute Gasteiger partial charge is 0.340 e. The highest BCUT2D eigenvalue weighted by atomic mass is 35.5. The summed E-state index contributed by atoms with van der Waals surface area (Å²) in [6, 6.07) is 16.6. The quantitative estimate of drug-likeness (QED) is 0.484. The van der Waals surface area contributed by atoms with Crippen molar-refractivity contribution in [2.75, 3.05) is 0 Å². The van der Waals surface area contributed by atoms with Crippen LogP contribution in [0.15, 0.2) is 60.7 Å². The van der Waals surface area contributed by atoms with Gasteiger partial charge in [0.05, 0.1) is 5.56 Å². The molecule has 3 aromatic carbocycles. The van der Waals surface area contributed by atoms with Crippen molar-refractivity contribution >= 4 is 43.2 Å². The van der Waals surface area contributed by atoms with Crippen LogP contribution in [-0.4, -0.2) is 16.2 Å². The fourth-order valence-corrected chi connectivity index (χ4v) is 3.65. The summed E-state index contributed by atoms with van der Waals surface area (Å²) in [6.07, 6.45) is 0. The Labute approximate surface area is 179 Å². The maximum absolute atomic E-state index is 12.5. The number of benzene rings is 3. The number of hydrogen-bond acceptors (Lipinski definition) is 5. The lowest BCUT2D eigenvalue weighted by atomic mass is 9.77. The third-order valence-corrected chi connectivity index (χ3v) is 4.68. The van der Waals surface area contributed by atoms with Crippen molar-refractivity contribution in [2.45, 2.75) is 5.60 Å². The van der Waals surface area contributed by atoms with Crippen LogP contribution in [-0.2, 0) is 10.3 Å². The molecule has 5 rings (SSSR count). The number of phenolic OH excluding ortho intramolecular Hbond substituents is 2. The van der Waals surface area contributed by atoms with Crippen LogP contribution in [0.1, 0.15) is 27.0 Å². The minimum Gasteiger partial charge on any atom is -0.508 e. The standard InChI is InChI=1S/C20H12O5.3ClH/c21-11-5-7-15-17(9-11)24-18-10-12(22)6-8-16(18)20(15)14-4-2-1-3-13(14)19(23)25-20;;;/h1-10,21-22H;3*1H. The van der Waals surface area contributed by atoms with Gasteiger partial charge in [-0.2, -0.15) is 0 Å². The summed E-state index contributed by atoms with van der Waals surface area (Å²) in [7, 11) is 0. The van der Waals surface area contributed by atoms with Crippen LogP contribution in [0.4, 0.5) is 0 Å². The molecule has 8 heteroatoms. The number of aromatic hydroxyl groups is 2. The molecule has 28 heavy (non-hydrogen) atoms. The Hall–Kier alpha value is -2.60. The zero-order valence-electron chi connectivity index (χ0n) is 14.1. The Bertz CT molecular complexity index is 1020. The van der Waals surface area contributed by atoms with Crippen molar-refractivity contribution < 1.29 is 24.5 Å². The molecule has 2 aliphatic heterocycles. The largest absolute Gasteiger partial charge is 0.508 e. The van der Waals surface area contributed by atoms with E-state index in [1.807, 2.05) is 12.1 Å². The molecule has 0 fully saturated rings. The van der Waals surface area contributed by atoms with Crippen LogP contribution in [0, 0.1) is 0 Å². The van der Waals surface area contributed by atoms with Crippen LogP contribution in [0.2, 0.25) is 0 Å². The highest BCUT2D eigenvalue weighted by Crippen LogP contribution is 2.56. The summed E-state index contributed by atoms with van der Waals surface area (Å²) in [5.74, 6) is 0.408. The molecular formula is C20H15Cl3O5. The van der Waals surface area contributed by atoms with Gasteiger partial charge in [0.25, 0.3) is 0 Å². The summed E-state index contributed by atoms with van der Waals surface area (Å²) in [6.45, 7) is 0. The van der Waals surface area contributed by atoms with Gasteiger partial charge >= 0.3 is 5.97 Å². The van der Waals surface area contributed by atoms with Gasteiger partial charge in [0.15, 0.2) is 5.60 Å². The highest BCUT2D eigenvalue weighted by molar-refractivity contribution is 5.97. The van der Waals surface area contributed by atoms with E-state index in [4.69, 9.17) is 9.47 Å². The lowest BCUT2D eigenvalue weighted by Gasteiger charge is -2.36. The highest BCUT2D eigenvalue weighted by Gasteiger charge is 2.53. The van der Waals surface area contributed by atoms with Gasteiger partial charge in [-0.1, -0.05) is 18.2 Å². The molecule has 1 spiro atoms. The van der Waals surface area contributed by atoms with Crippen LogP contribution >= 0.6 is 37.2 Å².